The van der Waals surface area contributed by atoms with Crippen molar-refractivity contribution in [2.24, 2.45) is 0 Å². The average molecular weight is 406 g/mol. The third-order valence-electron chi connectivity index (χ3n) is 4.61. The lowest BCUT2D eigenvalue weighted by molar-refractivity contribution is -0.385. The molecular formula is C19H17ClFN3O4. The van der Waals surface area contributed by atoms with Crippen molar-refractivity contribution in [2.75, 3.05) is 26.2 Å². The molecule has 0 spiro atoms. The van der Waals surface area contributed by atoms with E-state index in [-0.39, 0.29) is 54.8 Å². The van der Waals surface area contributed by atoms with E-state index in [0.29, 0.717) is 5.56 Å². The molecule has 2 aromatic carbocycles. The van der Waals surface area contributed by atoms with Crippen LogP contribution >= 0.6 is 11.6 Å². The van der Waals surface area contributed by atoms with Crippen LogP contribution in [0.5, 0.6) is 0 Å². The molecule has 0 atom stereocenters. The Morgan fingerprint density at radius 1 is 1.07 bits per heavy atom. The lowest BCUT2D eigenvalue weighted by atomic mass is 10.1. The molecule has 1 heterocycles. The van der Waals surface area contributed by atoms with E-state index in [4.69, 9.17) is 11.6 Å². The van der Waals surface area contributed by atoms with Crippen molar-refractivity contribution >= 4 is 29.1 Å². The molecule has 3 rings (SSSR count). The first-order chi connectivity index (χ1) is 13.4. The Morgan fingerprint density at radius 2 is 1.71 bits per heavy atom. The summed E-state index contributed by atoms with van der Waals surface area (Å²) in [6.07, 6.45) is -0.0893. The zero-order valence-corrected chi connectivity index (χ0v) is 15.6. The van der Waals surface area contributed by atoms with Gasteiger partial charge in [0.25, 0.3) is 11.6 Å². The molecule has 146 valence electrons. The fourth-order valence-corrected chi connectivity index (χ4v) is 3.28. The second-order valence-corrected chi connectivity index (χ2v) is 6.80. The monoisotopic (exact) mass is 405 g/mol. The highest BCUT2D eigenvalue weighted by atomic mass is 35.5. The molecule has 2 amide bonds. The van der Waals surface area contributed by atoms with Crippen molar-refractivity contribution in [3.63, 3.8) is 0 Å². The van der Waals surface area contributed by atoms with Gasteiger partial charge in [-0.15, -0.1) is 0 Å². The topological polar surface area (TPSA) is 83.8 Å². The molecule has 7 nitrogen and oxygen atoms in total. The molecule has 0 saturated carbocycles. The Morgan fingerprint density at radius 3 is 2.39 bits per heavy atom. The van der Waals surface area contributed by atoms with E-state index in [9.17, 15) is 24.1 Å². The van der Waals surface area contributed by atoms with E-state index in [1.807, 2.05) is 0 Å². The Labute approximate surface area is 165 Å². The number of carbonyl (C=O) groups excluding carboxylic acids is 2. The Hall–Kier alpha value is -3.00. The van der Waals surface area contributed by atoms with Crippen LogP contribution in [0.1, 0.15) is 15.9 Å². The van der Waals surface area contributed by atoms with Crippen molar-refractivity contribution < 1.29 is 18.9 Å². The van der Waals surface area contributed by atoms with Gasteiger partial charge in [0.2, 0.25) is 5.91 Å². The zero-order chi connectivity index (χ0) is 20.3. The molecule has 0 aliphatic carbocycles. The first-order valence-electron chi connectivity index (χ1n) is 8.61. The minimum absolute atomic E-state index is 0.0893. The molecule has 0 aromatic heterocycles. The molecule has 1 saturated heterocycles. The Bertz CT molecular complexity index is 929. The van der Waals surface area contributed by atoms with Gasteiger partial charge >= 0.3 is 0 Å². The standard InChI is InChI=1S/C19H17ClFN3O4/c20-14-5-6-16(21)15(12-14)19(26)23-9-7-22(8-10-23)18(25)11-13-3-1-2-4-17(13)24(27)28/h1-6,12H,7-11H2. The van der Waals surface area contributed by atoms with E-state index in [2.05, 4.69) is 0 Å². The van der Waals surface area contributed by atoms with Gasteiger partial charge in [0.1, 0.15) is 5.82 Å². The third-order valence-corrected chi connectivity index (χ3v) is 4.84. The number of hydrogen-bond donors (Lipinski definition) is 0. The smallest absolute Gasteiger partial charge is 0.273 e. The number of nitrogens with zero attached hydrogens (tertiary/aromatic N) is 3. The fourth-order valence-electron chi connectivity index (χ4n) is 3.10. The largest absolute Gasteiger partial charge is 0.339 e. The Balaban J connectivity index is 1.62. The van der Waals surface area contributed by atoms with Crippen molar-refractivity contribution in [1.82, 2.24) is 9.80 Å². The number of piperazine rings is 1. The highest BCUT2D eigenvalue weighted by molar-refractivity contribution is 6.31. The summed E-state index contributed by atoms with van der Waals surface area (Å²) in [7, 11) is 0. The minimum Gasteiger partial charge on any atom is -0.339 e. The number of amides is 2. The molecule has 9 heteroatoms. The van der Waals surface area contributed by atoms with Crippen LogP contribution < -0.4 is 0 Å². The van der Waals surface area contributed by atoms with E-state index in [1.54, 1.807) is 23.1 Å². The van der Waals surface area contributed by atoms with Crippen LogP contribution in [0.3, 0.4) is 0 Å². The van der Waals surface area contributed by atoms with Crippen LogP contribution in [0.25, 0.3) is 0 Å². The number of nitro benzene ring substituents is 1. The zero-order valence-electron chi connectivity index (χ0n) is 14.8. The van der Waals surface area contributed by atoms with Gasteiger partial charge in [0, 0.05) is 42.8 Å². The Kier molecular flexibility index (Phi) is 5.89. The number of para-hydroxylation sites is 1. The van der Waals surface area contributed by atoms with Crippen LogP contribution in [0, 0.1) is 15.9 Å². The molecular weight excluding hydrogens is 389 g/mol. The molecule has 0 bridgehead atoms. The minimum atomic E-state index is -0.649. The van der Waals surface area contributed by atoms with Gasteiger partial charge < -0.3 is 9.80 Å². The maximum Gasteiger partial charge on any atom is 0.273 e. The summed E-state index contributed by atoms with van der Waals surface area (Å²) in [5.41, 5.74) is 0.144. The number of rotatable bonds is 4. The normalized spacial score (nSPS) is 14.1. The summed E-state index contributed by atoms with van der Waals surface area (Å²) < 4.78 is 13.9. The van der Waals surface area contributed by atoms with Crippen LogP contribution in [-0.2, 0) is 11.2 Å². The van der Waals surface area contributed by atoms with Gasteiger partial charge in [0.15, 0.2) is 0 Å². The van der Waals surface area contributed by atoms with Crippen LogP contribution in [-0.4, -0.2) is 52.7 Å². The second kappa shape index (κ2) is 8.35. The van der Waals surface area contributed by atoms with Crippen LogP contribution in [0.2, 0.25) is 5.02 Å². The summed E-state index contributed by atoms with van der Waals surface area (Å²) in [6, 6.07) is 9.90. The summed E-state index contributed by atoms with van der Waals surface area (Å²) in [4.78, 5) is 38.6. The van der Waals surface area contributed by atoms with E-state index in [1.165, 1.54) is 23.1 Å². The number of hydrogen-bond acceptors (Lipinski definition) is 4. The van der Waals surface area contributed by atoms with Crippen molar-refractivity contribution in [3.05, 3.63) is 74.5 Å². The number of halogens is 2. The van der Waals surface area contributed by atoms with Gasteiger partial charge in [-0.05, 0) is 18.2 Å². The summed E-state index contributed by atoms with van der Waals surface area (Å²) in [5.74, 6) is -1.38. The molecule has 1 aliphatic heterocycles. The summed E-state index contributed by atoms with van der Waals surface area (Å²) in [6.45, 7) is 1.03. The SMILES string of the molecule is O=C(Cc1ccccc1[N+](=O)[O-])N1CCN(C(=O)c2cc(Cl)ccc2F)CC1. The number of nitro groups is 1. The molecule has 0 radical (unpaired) electrons. The van der Waals surface area contributed by atoms with Gasteiger partial charge in [-0.25, -0.2) is 4.39 Å². The number of benzene rings is 2. The third kappa shape index (κ3) is 4.28. The van der Waals surface area contributed by atoms with E-state index >= 15 is 0 Å². The van der Waals surface area contributed by atoms with Crippen LogP contribution in [0.15, 0.2) is 42.5 Å². The van der Waals surface area contributed by atoms with Gasteiger partial charge in [-0.2, -0.15) is 0 Å². The maximum absolute atomic E-state index is 13.9. The quantitative estimate of drug-likeness (QED) is 0.578. The van der Waals surface area contributed by atoms with Crippen molar-refractivity contribution in [3.8, 4) is 0 Å². The lowest BCUT2D eigenvalue weighted by Crippen LogP contribution is -2.51. The average Bonchev–Trinajstić information content (AvgIpc) is 2.69. The van der Waals surface area contributed by atoms with Gasteiger partial charge in [-0.3, -0.25) is 19.7 Å². The van der Waals surface area contributed by atoms with Crippen LogP contribution in [0.4, 0.5) is 10.1 Å². The fraction of sp³-hybridized carbons (Fsp3) is 0.263. The molecule has 1 fully saturated rings. The molecule has 1 aliphatic rings. The van der Waals surface area contributed by atoms with E-state index in [0.717, 1.165) is 6.07 Å². The van der Waals surface area contributed by atoms with E-state index < -0.39 is 16.6 Å². The first-order valence-corrected chi connectivity index (χ1v) is 8.99. The predicted molar refractivity (Wildman–Crippen MR) is 101 cm³/mol. The highest BCUT2D eigenvalue weighted by Crippen LogP contribution is 2.20. The maximum atomic E-state index is 13.9. The molecule has 2 aromatic rings. The highest BCUT2D eigenvalue weighted by Gasteiger charge is 2.27. The number of carbonyl (C=O) groups is 2. The lowest BCUT2D eigenvalue weighted by Gasteiger charge is -2.35. The van der Waals surface area contributed by atoms with Gasteiger partial charge in [-0.1, -0.05) is 29.8 Å². The summed E-state index contributed by atoms with van der Waals surface area (Å²) in [5, 5.41) is 11.3. The van der Waals surface area contributed by atoms with Gasteiger partial charge in [0.05, 0.1) is 16.9 Å². The molecule has 0 unspecified atom stereocenters. The first kappa shape index (κ1) is 19.8. The summed E-state index contributed by atoms with van der Waals surface area (Å²) >= 11 is 5.84. The van der Waals surface area contributed by atoms with Crippen molar-refractivity contribution in [1.29, 1.82) is 0 Å². The second-order valence-electron chi connectivity index (χ2n) is 6.36. The predicted octanol–water partition coefficient (Wildman–Crippen LogP) is 2.91. The molecule has 28 heavy (non-hydrogen) atoms. The van der Waals surface area contributed by atoms with Crippen molar-refractivity contribution in [2.45, 2.75) is 6.42 Å². The molecule has 0 N–H and O–H groups in total.